The zero-order valence-corrected chi connectivity index (χ0v) is 11.2. The first kappa shape index (κ1) is 15.0. The SMILES string of the molecule is CCOC(=O)C(CCCCC1CCCC1)C(=O)O. The molecule has 1 rings (SSSR count). The fraction of sp³-hybridized carbons (Fsp3) is 0.857. The van der Waals surface area contributed by atoms with Gasteiger partial charge in [-0.2, -0.15) is 0 Å². The predicted octanol–water partition coefficient (Wildman–Crippen LogP) is 3.00. The highest BCUT2D eigenvalue weighted by Crippen LogP contribution is 2.29. The molecule has 1 atom stereocenters. The van der Waals surface area contributed by atoms with E-state index in [2.05, 4.69) is 0 Å². The van der Waals surface area contributed by atoms with Crippen LogP contribution in [-0.4, -0.2) is 23.7 Å². The fourth-order valence-corrected chi connectivity index (χ4v) is 2.67. The summed E-state index contributed by atoms with van der Waals surface area (Å²) in [6, 6.07) is 0. The van der Waals surface area contributed by atoms with Crippen LogP contribution in [0.3, 0.4) is 0 Å². The second-order valence-electron chi connectivity index (χ2n) is 5.08. The molecule has 4 nitrogen and oxygen atoms in total. The molecule has 0 radical (unpaired) electrons. The second kappa shape index (κ2) is 8.11. The Kier molecular flexibility index (Phi) is 6.76. The van der Waals surface area contributed by atoms with Crippen LogP contribution in [0.25, 0.3) is 0 Å². The zero-order valence-electron chi connectivity index (χ0n) is 11.2. The second-order valence-corrected chi connectivity index (χ2v) is 5.08. The van der Waals surface area contributed by atoms with Gasteiger partial charge >= 0.3 is 11.9 Å². The first-order valence-electron chi connectivity index (χ1n) is 7.04. The first-order valence-corrected chi connectivity index (χ1v) is 7.04. The first-order chi connectivity index (χ1) is 8.65. The molecule has 1 N–H and O–H groups in total. The summed E-state index contributed by atoms with van der Waals surface area (Å²) in [7, 11) is 0. The Hall–Kier alpha value is -1.06. The van der Waals surface area contributed by atoms with Gasteiger partial charge in [0.1, 0.15) is 0 Å². The van der Waals surface area contributed by atoms with Crippen molar-refractivity contribution in [2.75, 3.05) is 6.61 Å². The van der Waals surface area contributed by atoms with Crippen LogP contribution in [0.2, 0.25) is 0 Å². The van der Waals surface area contributed by atoms with Crippen molar-refractivity contribution in [2.45, 2.75) is 58.3 Å². The molecule has 1 aliphatic rings. The minimum atomic E-state index is -1.06. The van der Waals surface area contributed by atoms with E-state index in [0.29, 0.717) is 6.42 Å². The van der Waals surface area contributed by atoms with Crippen LogP contribution in [0.5, 0.6) is 0 Å². The molecular weight excluding hydrogens is 232 g/mol. The molecule has 0 saturated heterocycles. The Morgan fingerprint density at radius 2 is 1.94 bits per heavy atom. The van der Waals surface area contributed by atoms with E-state index in [4.69, 9.17) is 9.84 Å². The molecule has 1 aliphatic carbocycles. The quantitative estimate of drug-likeness (QED) is 0.412. The zero-order chi connectivity index (χ0) is 13.4. The lowest BCUT2D eigenvalue weighted by molar-refractivity contribution is -0.158. The monoisotopic (exact) mass is 256 g/mol. The summed E-state index contributed by atoms with van der Waals surface area (Å²) in [5.41, 5.74) is 0. The molecule has 0 bridgehead atoms. The van der Waals surface area contributed by atoms with E-state index in [1.54, 1.807) is 6.92 Å². The molecule has 104 valence electrons. The van der Waals surface area contributed by atoms with E-state index in [0.717, 1.165) is 18.8 Å². The number of carboxylic acid groups (broad SMARTS) is 1. The number of aliphatic carboxylic acids is 1. The van der Waals surface area contributed by atoms with Crippen LogP contribution in [0, 0.1) is 11.8 Å². The van der Waals surface area contributed by atoms with Crippen molar-refractivity contribution in [1.29, 1.82) is 0 Å². The fourth-order valence-electron chi connectivity index (χ4n) is 2.67. The lowest BCUT2D eigenvalue weighted by atomic mass is 9.96. The molecule has 0 aliphatic heterocycles. The summed E-state index contributed by atoms with van der Waals surface area (Å²) in [4.78, 5) is 22.4. The molecular formula is C14H24O4. The number of unbranched alkanes of at least 4 members (excludes halogenated alkanes) is 1. The van der Waals surface area contributed by atoms with E-state index in [9.17, 15) is 9.59 Å². The Balaban J connectivity index is 2.20. The molecule has 18 heavy (non-hydrogen) atoms. The van der Waals surface area contributed by atoms with Gasteiger partial charge in [0.25, 0.3) is 0 Å². The topological polar surface area (TPSA) is 63.6 Å². The van der Waals surface area contributed by atoms with Crippen LogP contribution in [-0.2, 0) is 14.3 Å². The molecule has 0 aromatic rings. The number of carboxylic acids is 1. The third kappa shape index (κ3) is 5.07. The van der Waals surface area contributed by atoms with Crippen molar-refractivity contribution in [1.82, 2.24) is 0 Å². The van der Waals surface area contributed by atoms with Crippen molar-refractivity contribution in [3.63, 3.8) is 0 Å². The molecule has 0 amide bonds. The van der Waals surface area contributed by atoms with Gasteiger partial charge in [-0.1, -0.05) is 44.9 Å². The summed E-state index contributed by atoms with van der Waals surface area (Å²) in [5.74, 6) is -1.80. The summed E-state index contributed by atoms with van der Waals surface area (Å²) >= 11 is 0. The van der Waals surface area contributed by atoms with E-state index >= 15 is 0 Å². The Morgan fingerprint density at radius 3 is 2.50 bits per heavy atom. The van der Waals surface area contributed by atoms with Gasteiger partial charge < -0.3 is 9.84 Å². The Labute approximate surface area is 109 Å². The molecule has 0 spiro atoms. The van der Waals surface area contributed by atoms with Gasteiger partial charge in [0.2, 0.25) is 0 Å². The molecule has 0 aromatic heterocycles. The predicted molar refractivity (Wildman–Crippen MR) is 68.2 cm³/mol. The van der Waals surface area contributed by atoms with Gasteiger partial charge in [-0.15, -0.1) is 0 Å². The van der Waals surface area contributed by atoms with Gasteiger partial charge in [-0.25, -0.2) is 0 Å². The third-order valence-corrected chi connectivity index (χ3v) is 3.70. The number of rotatable bonds is 8. The average molecular weight is 256 g/mol. The van der Waals surface area contributed by atoms with Crippen molar-refractivity contribution in [2.24, 2.45) is 11.8 Å². The van der Waals surface area contributed by atoms with Gasteiger partial charge in [-0.3, -0.25) is 9.59 Å². The minimum Gasteiger partial charge on any atom is -0.481 e. The largest absolute Gasteiger partial charge is 0.481 e. The minimum absolute atomic E-state index is 0.241. The van der Waals surface area contributed by atoms with E-state index in [-0.39, 0.29) is 6.61 Å². The number of hydrogen-bond donors (Lipinski definition) is 1. The van der Waals surface area contributed by atoms with Crippen molar-refractivity contribution in [3.8, 4) is 0 Å². The Morgan fingerprint density at radius 1 is 1.28 bits per heavy atom. The molecule has 4 heteroatoms. The third-order valence-electron chi connectivity index (χ3n) is 3.70. The van der Waals surface area contributed by atoms with E-state index < -0.39 is 17.9 Å². The molecule has 0 heterocycles. The van der Waals surface area contributed by atoms with Crippen LogP contribution in [0.15, 0.2) is 0 Å². The number of ether oxygens (including phenoxy) is 1. The van der Waals surface area contributed by atoms with Crippen LogP contribution < -0.4 is 0 Å². The molecule has 1 unspecified atom stereocenters. The lowest BCUT2D eigenvalue weighted by Gasteiger charge is -2.12. The van der Waals surface area contributed by atoms with Gasteiger partial charge in [0.15, 0.2) is 5.92 Å². The van der Waals surface area contributed by atoms with Gasteiger partial charge in [0, 0.05) is 0 Å². The highest BCUT2D eigenvalue weighted by molar-refractivity contribution is 5.93. The van der Waals surface area contributed by atoms with Crippen molar-refractivity contribution < 1.29 is 19.4 Å². The normalized spacial score (nSPS) is 17.6. The smallest absolute Gasteiger partial charge is 0.320 e. The van der Waals surface area contributed by atoms with Crippen LogP contribution in [0.4, 0.5) is 0 Å². The van der Waals surface area contributed by atoms with Crippen molar-refractivity contribution >= 4 is 11.9 Å². The lowest BCUT2D eigenvalue weighted by Crippen LogP contribution is -2.25. The van der Waals surface area contributed by atoms with Crippen molar-refractivity contribution in [3.05, 3.63) is 0 Å². The maximum absolute atomic E-state index is 11.4. The van der Waals surface area contributed by atoms with Gasteiger partial charge in [-0.05, 0) is 19.3 Å². The maximum atomic E-state index is 11.4. The summed E-state index contributed by atoms with van der Waals surface area (Å²) in [6.07, 6.45) is 8.72. The standard InChI is InChI=1S/C14H24O4/c1-2-18-14(17)12(13(15)16)10-6-5-9-11-7-3-4-8-11/h11-12H,2-10H2,1H3,(H,15,16). The highest BCUT2D eigenvalue weighted by atomic mass is 16.5. The van der Waals surface area contributed by atoms with Crippen LogP contribution in [0.1, 0.15) is 58.3 Å². The molecule has 1 fully saturated rings. The summed E-state index contributed by atoms with van der Waals surface area (Å²) in [5, 5.41) is 8.98. The van der Waals surface area contributed by atoms with E-state index in [1.807, 2.05) is 0 Å². The van der Waals surface area contributed by atoms with Gasteiger partial charge in [0.05, 0.1) is 6.61 Å². The average Bonchev–Trinajstić information content (AvgIpc) is 2.81. The number of carbonyl (C=O) groups is 2. The maximum Gasteiger partial charge on any atom is 0.320 e. The molecule has 1 saturated carbocycles. The molecule has 0 aromatic carbocycles. The number of carbonyl (C=O) groups excluding carboxylic acids is 1. The van der Waals surface area contributed by atoms with Crippen LogP contribution >= 0.6 is 0 Å². The summed E-state index contributed by atoms with van der Waals surface area (Å²) < 4.78 is 4.78. The highest BCUT2D eigenvalue weighted by Gasteiger charge is 2.27. The number of esters is 1. The summed E-state index contributed by atoms with van der Waals surface area (Å²) in [6.45, 7) is 1.93. The Bertz CT molecular complexity index is 269. The number of hydrogen-bond acceptors (Lipinski definition) is 3. The van der Waals surface area contributed by atoms with E-state index in [1.165, 1.54) is 32.1 Å².